The van der Waals surface area contributed by atoms with Crippen LogP contribution >= 0.6 is 0 Å². The van der Waals surface area contributed by atoms with Crippen LogP contribution in [0.1, 0.15) is 18.7 Å². The van der Waals surface area contributed by atoms with E-state index < -0.39 is 24.2 Å². The van der Waals surface area contributed by atoms with Gasteiger partial charge in [-0.3, -0.25) is 9.69 Å². The van der Waals surface area contributed by atoms with Crippen LogP contribution in [-0.4, -0.2) is 68.2 Å². The van der Waals surface area contributed by atoms with E-state index in [9.17, 15) is 23.1 Å². The highest BCUT2D eigenvalue weighted by atomic mass is 19.4. The van der Waals surface area contributed by atoms with E-state index in [4.69, 9.17) is 4.74 Å². The molecule has 11 heteroatoms. The van der Waals surface area contributed by atoms with Crippen molar-refractivity contribution in [3.63, 3.8) is 0 Å². The molecular formula is C11H16F3N5O3. The Morgan fingerprint density at radius 2 is 2.23 bits per heavy atom. The van der Waals surface area contributed by atoms with Gasteiger partial charge in [-0.25, -0.2) is 4.68 Å². The van der Waals surface area contributed by atoms with Crippen molar-refractivity contribution in [3.8, 4) is 0 Å². The number of tetrazole rings is 1. The number of nitrogens with zero attached hydrogens (tertiary/aromatic N) is 5. The number of aromatic nitrogens is 4. The summed E-state index contributed by atoms with van der Waals surface area (Å²) in [7, 11) is 1.38. The molecule has 1 fully saturated rings. The number of carboxylic acids is 1. The lowest BCUT2D eigenvalue weighted by Crippen LogP contribution is -2.53. The van der Waals surface area contributed by atoms with E-state index in [0.717, 1.165) is 0 Å². The van der Waals surface area contributed by atoms with E-state index >= 15 is 0 Å². The largest absolute Gasteiger partial charge is 0.480 e. The maximum atomic E-state index is 12.5. The Balaban J connectivity index is 2.19. The highest BCUT2D eigenvalue weighted by Gasteiger charge is 2.48. The lowest BCUT2D eigenvalue weighted by Gasteiger charge is -2.33. The first-order valence-electron chi connectivity index (χ1n) is 6.58. The number of hydrogen-bond acceptors (Lipinski definition) is 6. The lowest BCUT2D eigenvalue weighted by molar-refractivity contribution is -0.154. The first kappa shape index (κ1) is 16.6. The Hall–Kier alpha value is -1.75. The van der Waals surface area contributed by atoms with Crippen LogP contribution in [0.15, 0.2) is 0 Å². The van der Waals surface area contributed by atoms with Gasteiger partial charge in [0.05, 0.1) is 13.2 Å². The minimum atomic E-state index is -4.45. The number of carboxylic acid groups (broad SMARTS) is 1. The molecule has 1 aliphatic heterocycles. The SMILES string of the molecule is COCC1(C(=O)O)CCCN1Cc1nnnn1CC(F)(F)F. The number of hydrogen-bond donors (Lipinski definition) is 1. The van der Waals surface area contributed by atoms with E-state index in [-0.39, 0.29) is 19.0 Å². The summed E-state index contributed by atoms with van der Waals surface area (Å²) < 4.78 is 43.0. The first-order valence-corrected chi connectivity index (χ1v) is 6.58. The number of ether oxygens (including phenoxy) is 1. The van der Waals surface area contributed by atoms with E-state index in [1.165, 1.54) is 7.11 Å². The predicted molar refractivity (Wildman–Crippen MR) is 65.8 cm³/mol. The number of likely N-dealkylation sites (tertiary alicyclic amines) is 1. The van der Waals surface area contributed by atoms with Crippen molar-refractivity contribution in [2.45, 2.75) is 37.6 Å². The quantitative estimate of drug-likeness (QED) is 0.805. The molecule has 2 rings (SSSR count). The average molecular weight is 323 g/mol. The maximum Gasteiger partial charge on any atom is 0.408 e. The van der Waals surface area contributed by atoms with E-state index in [1.807, 2.05) is 0 Å². The van der Waals surface area contributed by atoms with Gasteiger partial charge in [-0.1, -0.05) is 0 Å². The molecule has 1 aromatic rings. The van der Waals surface area contributed by atoms with Gasteiger partial charge in [0.1, 0.15) is 12.1 Å². The van der Waals surface area contributed by atoms with Crippen molar-refractivity contribution in [3.05, 3.63) is 5.82 Å². The molecule has 0 aliphatic carbocycles. The third-order valence-electron chi connectivity index (χ3n) is 3.67. The van der Waals surface area contributed by atoms with Gasteiger partial charge in [0, 0.05) is 7.11 Å². The zero-order valence-electron chi connectivity index (χ0n) is 11.9. The molecule has 1 saturated heterocycles. The molecular weight excluding hydrogens is 307 g/mol. The van der Waals surface area contributed by atoms with E-state index in [0.29, 0.717) is 24.1 Å². The summed E-state index contributed by atoms with van der Waals surface area (Å²) in [5.74, 6) is -1.09. The Kier molecular flexibility index (Phi) is 4.66. The molecule has 0 bridgehead atoms. The number of halogens is 3. The van der Waals surface area contributed by atoms with Crippen molar-refractivity contribution < 1.29 is 27.8 Å². The van der Waals surface area contributed by atoms with Crippen molar-refractivity contribution in [2.24, 2.45) is 0 Å². The van der Waals surface area contributed by atoms with Crippen molar-refractivity contribution >= 4 is 5.97 Å². The molecule has 0 aromatic carbocycles. The average Bonchev–Trinajstić information content (AvgIpc) is 2.98. The summed E-state index contributed by atoms with van der Waals surface area (Å²) in [4.78, 5) is 13.2. The number of carbonyl (C=O) groups is 1. The summed E-state index contributed by atoms with van der Waals surface area (Å²) in [5, 5.41) is 19.6. The van der Waals surface area contributed by atoms with Crippen LogP contribution in [0.4, 0.5) is 13.2 Å². The fourth-order valence-corrected chi connectivity index (χ4v) is 2.67. The minimum Gasteiger partial charge on any atom is -0.480 e. The van der Waals surface area contributed by atoms with Crippen LogP contribution in [0, 0.1) is 0 Å². The summed E-state index contributed by atoms with van der Waals surface area (Å²) >= 11 is 0. The Labute approximate surface area is 123 Å². The standard InChI is InChI=1S/C11H16F3N5O3/c1-22-7-10(9(20)21)3-2-4-18(10)5-8-15-16-17-19(8)6-11(12,13)14/h2-7H2,1H3,(H,20,21). The summed E-state index contributed by atoms with van der Waals surface area (Å²) in [6.07, 6.45) is -3.49. The molecule has 124 valence electrons. The number of alkyl halides is 3. The molecule has 1 unspecified atom stereocenters. The molecule has 0 saturated carbocycles. The first-order chi connectivity index (χ1) is 10.3. The van der Waals surface area contributed by atoms with Crippen molar-refractivity contribution in [1.82, 2.24) is 25.1 Å². The van der Waals surface area contributed by atoms with Crippen LogP contribution in [0.2, 0.25) is 0 Å². The zero-order chi connectivity index (χ0) is 16.4. The second kappa shape index (κ2) is 6.16. The molecule has 1 N–H and O–H groups in total. The molecule has 2 heterocycles. The number of aliphatic carboxylic acids is 1. The summed E-state index contributed by atoms with van der Waals surface area (Å²) in [6.45, 7) is -1.02. The molecule has 22 heavy (non-hydrogen) atoms. The number of rotatable bonds is 6. The second-order valence-electron chi connectivity index (χ2n) is 5.16. The van der Waals surface area contributed by atoms with Gasteiger partial charge in [0.15, 0.2) is 5.82 Å². The smallest absolute Gasteiger partial charge is 0.408 e. The van der Waals surface area contributed by atoms with E-state index in [2.05, 4.69) is 15.5 Å². The predicted octanol–water partition coefficient (Wildman–Crippen LogP) is 0.301. The van der Waals surface area contributed by atoms with Crippen LogP contribution < -0.4 is 0 Å². The Morgan fingerprint density at radius 1 is 1.50 bits per heavy atom. The molecule has 0 amide bonds. The molecule has 8 nitrogen and oxygen atoms in total. The van der Waals surface area contributed by atoms with Gasteiger partial charge in [0.2, 0.25) is 0 Å². The molecule has 0 spiro atoms. The highest BCUT2D eigenvalue weighted by Crippen LogP contribution is 2.31. The Morgan fingerprint density at radius 3 is 2.82 bits per heavy atom. The molecule has 1 aromatic heterocycles. The maximum absolute atomic E-state index is 12.5. The number of methoxy groups -OCH3 is 1. The van der Waals surface area contributed by atoms with Crippen molar-refractivity contribution in [1.29, 1.82) is 0 Å². The van der Waals surface area contributed by atoms with Crippen LogP contribution in [-0.2, 0) is 22.6 Å². The van der Waals surface area contributed by atoms with Crippen LogP contribution in [0.5, 0.6) is 0 Å². The van der Waals surface area contributed by atoms with Gasteiger partial charge in [-0.05, 0) is 29.8 Å². The zero-order valence-corrected chi connectivity index (χ0v) is 11.9. The monoisotopic (exact) mass is 323 g/mol. The molecule has 1 atom stereocenters. The van der Waals surface area contributed by atoms with Gasteiger partial charge in [-0.15, -0.1) is 5.10 Å². The lowest BCUT2D eigenvalue weighted by atomic mass is 9.97. The van der Waals surface area contributed by atoms with Gasteiger partial charge < -0.3 is 9.84 Å². The van der Waals surface area contributed by atoms with Gasteiger partial charge >= 0.3 is 12.1 Å². The summed E-state index contributed by atoms with van der Waals surface area (Å²) in [6, 6.07) is 0. The fourth-order valence-electron chi connectivity index (χ4n) is 2.67. The second-order valence-corrected chi connectivity index (χ2v) is 5.16. The third-order valence-corrected chi connectivity index (χ3v) is 3.67. The molecule has 0 radical (unpaired) electrons. The normalized spacial score (nSPS) is 23.1. The minimum absolute atomic E-state index is 0.0269. The van der Waals surface area contributed by atoms with Gasteiger partial charge in [-0.2, -0.15) is 13.2 Å². The van der Waals surface area contributed by atoms with Gasteiger partial charge in [0.25, 0.3) is 0 Å². The van der Waals surface area contributed by atoms with Crippen LogP contribution in [0.25, 0.3) is 0 Å². The van der Waals surface area contributed by atoms with Crippen LogP contribution in [0.3, 0.4) is 0 Å². The topological polar surface area (TPSA) is 93.4 Å². The summed E-state index contributed by atoms with van der Waals surface area (Å²) in [5.41, 5.74) is -1.26. The third kappa shape index (κ3) is 3.35. The van der Waals surface area contributed by atoms with E-state index in [1.54, 1.807) is 4.90 Å². The fraction of sp³-hybridized carbons (Fsp3) is 0.818. The van der Waals surface area contributed by atoms with Crippen molar-refractivity contribution in [2.75, 3.05) is 20.3 Å². The highest BCUT2D eigenvalue weighted by molar-refractivity contribution is 5.79. The molecule has 1 aliphatic rings. The Bertz CT molecular complexity index is 535.